The highest BCUT2D eigenvalue weighted by molar-refractivity contribution is 6.31. The quantitative estimate of drug-likeness (QED) is 0.790. The molecule has 1 N–H and O–H groups in total. The fraction of sp³-hybridized carbons (Fsp3) is 0.350. The number of hydrogen-bond donors (Lipinski definition) is 1. The van der Waals surface area contributed by atoms with E-state index in [-0.39, 0.29) is 11.8 Å². The number of halogens is 2. The number of rotatable bonds is 5. The molecule has 138 valence electrons. The van der Waals surface area contributed by atoms with Gasteiger partial charge < -0.3 is 10.1 Å². The van der Waals surface area contributed by atoms with Crippen LogP contribution in [0.5, 0.6) is 5.75 Å². The zero-order valence-electron chi connectivity index (χ0n) is 14.7. The first-order valence-electron chi connectivity index (χ1n) is 8.66. The Morgan fingerprint density at radius 1 is 1.19 bits per heavy atom. The standard InChI is InChI=1S/C20H22Cl2N2O2/c1-26-19-9-8-17(22)11-18(19)23-20(25)15-3-2-10-24(13-15)12-14-4-6-16(21)7-5-14/h4-9,11,15H,2-3,10,12-13H2,1H3,(H,23,25). The first-order valence-corrected chi connectivity index (χ1v) is 9.42. The van der Waals surface area contributed by atoms with Crippen molar-refractivity contribution in [3.63, 3.8) is 0 Å². The van der Waals surface area contributed by atoms with Gasteiger partial charge in [-0.3, -0.25) is 9.69 Å². The molecular formula is C20H22Cl2N2O2. The molecule has 0 spiro atoms. The van der Waals surface area contributed by atoms with Crippen LogP contribution in [-0.4, -0.2) is 31.0 Å². The summed E-state index contributed by atoms with van der Waals surface area (Å²) in [5.41, 5.74) is 1.81. The van der Waals surface area contributed by atoms with Gasteiger partial charge in [0.05, 0.1) is 18.7 Å². The minimum Gasteiger partial charge on any atom is -0.495 e. The summed E-state index contributed by atoms with van der Waals surface area (Å²) in [6, 6.07) is 13.1. The number of ether oxygens (including phenoxy) is 1. The van der Waals surface area contributed by atoms with E-state index >= 15 is 0 Å². The molecule has 3 rings (SSSR count). The molecule has 1 atom stereocenters. The molecule has 2 aromatic rings. The molecular weight excluding hydrogens is 371 g/mol. The zero-order chi connectivity index (χ0) is 18.5. The molecule has 26 heavy (non-hydrogen) atoms. The first kappa shape index (κ1) is 19.0. The maximum Gasteiger partial charge on any atom is 0.228 e. The molecule has 1 unspecified atom stereocenters. The molecule has 0 saturated carbocycles. The van der Waals surface area contributed by atoms with E-state index in [1.54, 1.807) is 25.3 Å². The van der Waals surface area contributed by atoms with Gasteiger partial charge in [0.2, 0.25) is 5.91 Å². The summed E-state index contributed by atoms with van der Waals surface area (Å²) < 4.78 is 5.30. The summed E-state index contributed by atoms with van der Waals surface area (Å²) in [6.07, 6.45) is 1.88. The van der Waals surface area contributed by atoms with Crippen LogP contribution in [0.15, 0.2) is 42.5 Å². The van der Waals surface area contributed by atoms with Gasteiger partial charge in [-0.1, -0.05) is 35.3 Å². The summed E-state index contributed by atoms with van der Waals surface area (Å²) in [7, 11) is 1.58. The lowest BCUT2D eigenvalue weighted by molar-refractivity contribution is -0.121. The smallest absolute Gasteiger partial charge is 0.228 e. The molecule has 1 aliphatic rings. The summed E-state index contributed by atoms with van der Waals surface area (Å²) in [5, 5.41) is 4.27. The van der Waals surface area contributed by atoms with E-state index in [0.717, 1.165) is 37.5 Å². The average Bonchev–Trinajstić information content (AvgIpc) is 2.64. The third-order valence-electron chi connectivity index (χ3n) is 4.62. The van der Waals surface area contributed by atoms with E-state index in [0.29, 0.717) is 16.5 Å². The van der Waals surface area contributed by atoms with Gasteiger partial charge in [0.15, 0.2) is 0 Å². The SMILES string of the molecule is COc1ccc(Cl)cc1NC(=O)C1CCCN(Cc2ccc(Cl)cc2)C1. The Morgan fingerprint density at radius 3 is 2.65 bits per heavy atom. The minimum atomic E-state index is -0.0558. The molecule has 6 heteroatoms. The Kier molecular flexibility index (Phi) is 6.41. The molecule has 2 aromatic carbocycles. The molecule has 0 bridgehead atoms. The lowest BCUT2D eigenvalue weighted by Crippen LogP contribution is -2.40. The second-order valence-electron chi connectivity index (χ2n) is 6.53. The van der Waals surface area contributed by atoms with Crippen LogP contribution in [0.4, 0.5) is 5.69 Å². The van der Waals surface area contributed by atoms with E-state index in [4.69, 9.17) is 27.9 Å². The van der Waals surface area contributed by atoms with Crippen molar-refractivity contribution in [2.75, 3.05) is 25.5 Å². The van der Waals surface area contributed by atoms with Crippen LogP contribution in [0.2, 0.25) is 10.0 Å². The lowest BCUT2D eigenvalue weighted by atomic mass is 9.96. The molecule has 0 aliphatic carbocycles. The van der Waals surface area contributed by atoms with Crippen LogP contribution in [0.3, 0.4) is 0 Å². The third-order valence-corrected chi connectivity index (χ3v) is 5.10. The number of nitrogens with zero attached hydrogens (tertiary/aromatic N) is 1. The molecule has 0 radical (unpaired) electrons. The normalized spacial score (nSPS) is 17.7. The van der Waals surface area contributed by atoms with Crippen molar-refractivity contribution >= 4 is 34.8 Å². The Bertz CT molecular complexity index is 765. The maximum absolute atomic E-state index is 12.7. The fourth-order valence-corrected chi connectivity index (χ4v) is 3.57. The Morgan fingerprint density at radius 2 is 1.92 bits per heavy atom. The van der Waals surface area contributed by atoms with Gasteiger partial charge in [-0.15, -0.1) is 0 Å². The van der Waals surface area contributed by atoms with Crippen LogP contribution in [0, 0.1) is 5.92 Å². The van der Waals surface area contributed by atoms with Crippen molar-refractivity contribution in [2.24, 2.45) is 5.92 Å². The third kappa shape index (κ3) is 4.91. The van der Waals surface area contributed by atoms with E-state index in [1.807, 2.05) is 24.3 Å². The Balaban J connectivity index is 1.62. The molecule has 4 nitrogen and oxygen atoms in total. The molecule has 0 aromatic heterocycles. The zero-order valence-corrected chi connectivity index (χ0v) is 16.2. The summed E-state index contributed by atoms with van der Waals surface area (Å²) in [5.74, 6) is 0.558. The molecule has 1 heterocycles. The molecule has 1 aliphatic heterocycles. The van der Waals surface area contributed by atoms with Crippen molar-refractivity contribution in [3.8, 4) is 5.75 Å². The van der Waals surface area contributed by atoms with Crippen molar-refractivity contribution in [1.29, 1.82) is 0 Å². The number of benzene rings is 2. The van der Waals surface area contributed by atoms with E-state index < -0.39 is 0 Å². The lowest BCUT2D eigenvalue weighted by Gasteiger charge is -2.32. The van der Waals surface area contributed by atoms with Crippen molar-refractivity contribution < 1.29 is 9.53 Å². The number of likely N-dealkylation sites (tertiary alicyclic amines) is 1. The van der Waals surface area contributed by atoms with Crippen molar-refractivity contribution in [2.45, 2.75) is 19.4 Å². The van der Waals surface area contributed by atoms with Crippen LogP contribution in [-0.2, 0) is 11.3 Å². The number of carbonyl (C=O) groups excluding carboxylic acids is 1. The van der Waals surface area contributed by atoms with E-state index in [2.05, 4.69) is 10.2 Å². The highest BCUT2D eigenvalue weighted by atomic mass is 35.5. The number of piperidine rings is 1. The average molecular weight is 393 g/mol. The van der Waals surface area contributed by atoms with Gasteiger partial charge in [-0.25, -0.2) is 0 Å². The Hall–Kier alpha value is -1.75. The van der Waals surface area contributed by atoms with Crippen LogP contribution >= 0.6 is 23.2 Å². The second kappa shape index (κ2) is 8.76. The van der Waals surface area contributed by atoms with E-state index in [9.17, 15) is 4.79 Å². The number of amides is 1. The Labute approximate surface area is 164 Å². The number of nitrogens with one attached hydrogen (secondary N) is 1. The van der Waals surface area contributed by atoms with Crippen molar-refractivity contribution in [3.05, 3.63) is 58.1 Å². The van der Waals surface area contributed by atoms with Gasteiger partial charge >= 0.3 is 0 Å². The molecule has 1 fully saturated rings. The topological polar surface area (TPSA) is 41.6 Å². The minimum absolute atomic E-state index is 0.00590. The highest BCUT2D eigenvalue weighted by Gasteiger charge is 2.26. The highest BCUT2D eigenvalue weighted by Crippen LogP contribution is 2.29. The predicted octanol–water partition coefficient (Wildman–Crippen LogP) is 4.85. The maximum atomic E-state index is 12.7. The monoisotopic (exact) mass is 392 g/mol. The fourth-order valence-electron chi connectivity index (χ4n) is 3.27. The molecule has 1 saturated heterocycles. The van der Waals surface area contributed by atoms with Crippen LogP contribution in [0.25, 0.3) is 0 Å². The number of carbonyl (C=O) groups is 1. The van der Waals surface area contributed by atoms with Gasteiger partial charge in [0, 0.05) is 23.1 Å². The molecule has 1 amide bonds. The van der Waals surface area contributed by atoms with Crippen molar-refractivity contribution in [1.82, 2.24) is 4.90 Å². The number of methoxy groups -OCH3 is 1. The van der Waals surface area contributed by atoms with Crippen LogP contribution < -0.4 is 10.1 Å². The number of hydrogen-bond acceptors (Lipinski definition) is 3. The number of anilines is 1. The van der Waals surface area contributed by atoms with Gasteiger partial charge in [-0.05, 0) is 55.3 Å². The first-order chi connectivity index (χ1) is 12.5. The van der Waals surface area contributed by atoms with Gasteiger partial charge in [-0.2, -0.15) is 0 Å². The summed E-state index contributed by atoms with van der Waals surface area (Å²) in [4.78, 5) is 15.0. The second-order valence-corrected chi connectivity index (χ2v) is 7.41. The van der Waals surface area contributed by atoms with Gasteiger partial charge in [0.25, 0.3) is 0 Å². The van der Waals surface area contributed by atoms with Gasteiger partial charge in [0.1, 0.15) is 5.75 Å². The van der Waals surface area contributed by atoms with Crippen LogP contribution in [0.1, 0.15) is 18.4 Å². The summed E-state index contributed by atoms with van der Waals surface area (Å²) in [6.45, 7) is 2.55. The van der Waals surface area contributed by atoms with E-state index in [1.165, 1.54) is 5.56 Å². The summed E-state index contributed by atoms with van der Waals surface area (Å²) >= 11 is 12.0. The largest absolute Gasteiger partial charge is 0.495 e. The predicted molar refractivity (Wildman–Crippen MR) is 106 cm³/mol.